The average molecular weight is 543 g/mol. The van der Waals surface area contributed by atoms with Crippen molar-refractivity contribution >= 4 is 35.1 Å². The highest BCUT2D eigenvalue weighted by Gasteiger charge is 2.75. The molecular formula is C29H35ClN2O6. The van der Waals surface area contributed by atoms with E-state index in [0.717, 1.165) is 12.8 Å². The molecule has 1 spiro atoms. The van der Waals surface area contributed by atoms with Crippen LogP contribution < -0.4 is 4.90 Å². The third kappa shape index (κ3) is 4.27. The maximum atomic E-state index is 14.4. The van der Waals surface area contributed by atoms with Gasteiger partial charge < -0.3 is 24.4 Å². The lowest BCUT2D eigenvalue weighted by molar-refractivity contribution is -0.160. The van der Waals surface area contributed by atoms with Crippen LogP contribution in [-0.2, 0) is 23.9 Å². The first-order valence-electron chi connectivity index (χ1n) is 13.6. The van der Waals surface area contributed by atoms with Gasteiger partial charge >= 0.3 is 5.97 Å². The Labute approximate surface area is 228 Å². The number of esters is 1. The molecule has 5 atom stereocenters. The molecule has 1 unspecified atom stereocenters. The lowest BCUT2D eigenvalue weighted by atomic mass is 9.73. The smallest absolute Gasteiger partial charge is 0.313 e. The van der Waals surface area contributed by atoms with Gasteiger partial charge in [0.1, 0.15) is 23.2 Å². The summed E-state index contributed by atoms with van der Waals surface area (Å²) < 4.78 is 12.5. The van der Waals surface area contributed by atoms with Crippen molar-refractivity contribution in [3.8, 4) is 0 Å². The van der Waals surface area contributed by atoms with Crippen molar-refractivity contribution in [1.82, 2.24) is 4.90 Å². The summed E-state index contributed by atoms with van der Waals surface area (Å²) in [4.78, 5) is 45.3. The first-order valence-corrected chi connectivity index (χ1v) is 14.0. The molecule has 5 rings (SSSR count). The van der Waals surface area contributed by atoms with Crippen LogP contribution in [0.3, 0.4) is 0 Å². The van der Waals surface area contributed by atoms with E-state index in [1.54, 1.807) is 28.0 Å². The zero-order valence-corrected chi connectivity index (χ0v) is 22.4. The fourth-order valence-electron chi connectivity index (χ4n) is 6.60. The normalized spacial score (nSPS) is 32.4. The summed E-state index contributed by atoms with van der Waals surface area (Å²) in [5.41, 5.74) is -1.80. The number of para-hydroxylation sites is 1. The highest BCUT2D eigenvalue weighted by molar-refractivity contribution is 6.34. The lowest BCUT2D eigenvalue weighted by Gasteiger charge is -2.39. The largest absolute Gasteiger partial charge is 0.465 e. The number of aliphatic hydroxyl groups excluding tert-OH is 1. The van der Waals surface area contributed by atoms with Crippen molar-refractivity contribution in [2.24, 2.45) is 11.8 Å². The molecule has 1 aromatic carbocycles. The standard InChI is InChI=1S/C29H35ClN2O6/c1-2-28-14-7-10-19-37-27(36)23(28)22-25(34)32(16-8-3-4-9-18-33)24-26(35)31(17-11-15-29(22,24)38-28)21-13-6-5-12-20(21)30/h5-7,11-15,22-24,33H,2-4,8-10,16-19H2,1H3/t22-,23+,24?,28-,29-/m0/s1. The predicted molar refractivity (Wildman–Crippen MR) is 143 cm³/mol. The number of amides is 2. The SMILES string of the molecule is CC[C@]12C=CCCOC(=O)[C@H]1[C@H]1C(=O)N(CCCCCCO)C3C(=O)N(c4ccccc4Cl)CC=C[C@@]31O2. The molecule has 0 saturated carbocycles. The van der Waals surface area contributed by atoms with Crippen LogP contribution in [0.5, 0.6) is 0 Å². The molecule has 0 bridgehead atoms. The van der Waals surface area contributed by atoms with Crippen molar-refractivity contribution in [1.29, 1.82) is 0 Å². The fourth-order valence-corrected chi connectivity index (χ4v) is 6.84. The van der Waals surface area contributed by atoms with E-state index < -0.39 is 35.0 Å². The first-order chi connectivity index (χ1) is 18.4. The molecule has 4 heterocycles. The van der Waals surface area contributed by atoms with E-state index in [4.69, 9.17) is 26.2 Å². The molecule has 0 radical (unpaired) electrons. The van der Waals surface area contributed by atoms with Crippen LogP contribution in [0.4, 0.5) is 5.69 Å². The van der Waals surface area contributed by atoms with Gasteiger partial charge in [0.25, 0.3) is 5.91 Å². The Balaban J connectivity index is 1.60. The summed E-state index contributed by atoms with van der Waals surface area (Å²) in [7, 11) is 0. The number of hydrogen-bond acceptors (Lipinski definition) is 6. The molecule has 2 amide bonds. The topological polar surface area (TPSA) is 96.4 Å². The summed E-state index contributed by atoms with van der Waals surface area (Å²) in [6.07, 6.45) is 11.5. The molecule has 4 aliphatic heterocycles. The number of halogens is 1. The average Bonchev–Trinajstić information content (AvgIpc) is 3.25. The molecular weight excluding hydrogens is 508 g/mol. The highest BCUT2D eigenvalue weighted by Crippen LogP contribution is 2.58. The van der Waals surface area contributed by atoms with Gasteiger partial charge in [0.2, 0.25) is 5.91 Å². The summed E-state index contributed by atoms with van der Waals surface area (Å²) in [5, 5.41) is 9.57. The molecule has 1 N–H and O–H groups in total. The molecule has 4 aliphatic rings. The highest BCUT2D eigenvalue weighted by atomic mass is 35.5. The number of aliphatic hydroxyl groups is 1. The predicted octanol–water partition coefficient (Wildman–Crippen LogP) is 3.66. The Hall–Kier alpha value is -2.68. The molecule has 2 saturated heterocycles. The third-order valence-electron chi connectivity index (χ3n) is 8.35. The number of carbonyl (C=O) groups is 3. The Morgan fingerprint density at radius 3 is 2.58 bits per heavy atom. The zero-order chi connectivity index (χ0) is 26.9. The van der Waals surface area contributed by atoms with Crippen molar-refractivity contribution < 1.29 is 29.0 Å². The van der Waals surface area contributed by atoms with Crippen LogP contribution >= 0.6 is 11.6 Å². The maximum absolute atomic E-state index is 14.4. The zero-order valence-electron chi connectivity index (χ0n) is 21.7. The van der Waals surface area contributed by atoms with Gasteiger partial charge in [0, 0.05) is 19.7 Å². The number of ether oxygens (including phenoxy) is 2. The summed E-state index contributed by atoms with van der Waals surface area (Å²) in [5.74, 6) is -2.74. The molecule has 0 aromatic heterocycles. The van der Waals surface area contributed by atoms with E-state index in [9.17, 15) is 14.4 Å². The number of fused-ring (bicyclic) bond motifs is 2. The first kappa shape index (κ1) is 26.9. The summed E-state index contributed by atoms with van der Waals surface area (Å²) in [6.45, 7) is 2.91. The minimum Gasteiger partial charge on any atom is -0.465 e. The van der Waals surface area contributed by atoms with E-state index in [2.05, 4.69) is 0 Å². The molecule has 204 valence electrons. The third-order valence-corrected chi connectivity index (χ3v) is 8.67. The number of anilines is 1. The second-order valence-corrected chi connectivity index (χ2v) is 10.9. The Morgan fingerprint density at radius 2 is 1.82 bits per heavy atom. The van der Waals surface area contributed by atoms with Crippen molar-refractivity contribution in [2.75, 3.05) is 31.2 Å². The van der Waals surface area contributed by atoms with Crippen LogP contribution in [0.1, 0.15) is 45.4 Å². The minimum atomic E-state index is -1.32. The van der Waals surface area contributed by atoms with Gasteiger partial charge in [-0.2, -0.15) is 0 Å². The fraction of sp³-hybridized carbons (Fsp3) is 0.552. The number of nitrogens with zero attached hydrogens (tertiary/aromatic N) is 2. The number of carbonyl (C=O) groups excluding carboxylic acids is 3. The van der Waals surface area contributed by atoms with E-state index in [1.165, 1.54) is 0 Å². The number of unbranched alkanes of at least 4 members (excludes halogenated alkanes) is 3. The van der Waals surface area contributed by atoms with Crippen molar-refractivity contribution in [3.63, 3.8) is 0 Å². The van der Waals surface area contributed by atoms with E-state index in [-0.39, 0.29) is 31.6 Å². The van der Waals surface area contributed by atoms with Crippen LogP contribution in [0.2, 0.25) is 5.02 Å². The van der Waals surface area contributed by atoms with E-state index in [0.29, 0.717) is 42.9 Å². The van der Waals surface area contributed by atoms with Crippen LogP contribution in [-0.4, -0.2) is 71.3 Å². The number of hydrogen-bond donors (Lipinski definition) is 1. The molecule has 0 aliphatic carbocycles. The number of benzene rings is 1. The number of rotatable bonds is 8. The van der Waals surface area contributed by atoms with Crippen LogP contribution in [0.25, 0.3) is 0 Å². The second-order valence-electron chi connectivity index (χ2n) is 10.5. The maximum Gasteiger partial charge on any atom is 0.313 e. The summed E-state index contributed by atoms with van der Waals surface area (Å²) >= 11 is 6.50. The van der Waals surface area contributed by atoms with Gasteiger partial charge in [-0.3, -0.25) is 14.4 Å². The summed E-state index contributed by atoms with van der Waals surface area (Å²) in [6, 6.07) is 6.19. The Morgan fingerprint density at radius 1 is 1.03 bits per heavy atom. The minimum absolute atomic E-state index is 0.122. The number of likely N-dealkylation sites (tertiary alicyclic amines) is 1. The number of cyclic esters (lactones) is 1. The van der Waals surface area contributed by atoms with Gasteiger partial charge in [0.15, 0.2) is 0 Å². The molecule has 9 heteroatoms. The second kappa shape index (κ2) is 10.8. The van der Waals surface area contributed by atoms with Gasteiger partial charge in [-0.25, -0.2) is 0 Å². The van der Waals surface area contributed by atoms with Gasteiger partial charge in [0.05, 0.1) is 23.2 Å². The van der Waals surface area contributed by atoms with Crippen LogP contribution in [0.15, 0.2) is 48.6 Å². The molecule has 8 nitrogen and oxygen atoms in total. The van der Waals surface area contributed by atoms with Crippen molar-refractivity contribution in [2.45, 2.75) is 62.7 Å². The molecule has 1 aromatic rings. The van der Waals surface area contributed by atoms with E-state index >= 15 is 0 Å². The molecule has 38 heavy (non-hydrogen) atoms. The quantitative estimate of drug-likeness (QED) is 0.306. The van der Waals surface area contributed by atoms with E-state index in [1.807, 2.05) is 37.3 Å². The van der Waals surface area contributed by atoms with Crippen molar-refractivity contribution in [3.05, 3.63) is 53.6 Å². The van der Waals surface area contributed by atoms with Gasteiger partial charge in [-0.1, -0.05) is 67.8 Å². The van der Waals surface area contributed by atoms with Gasteiger partial charge in [-0.15, -0.1) is 0 Å². The lowest BCUT2D eigenvalue weighted by Crippen LogP contribution is -2.56. The monoisotopic (exact) mass is 542 g/mol. The van der Waals surface area contributed by atoms with Crippen LogP contribution in [0, 0.1) is 11.8 Å². The van der Waals surface area contributed by atoms with Gasteiger partial charge in [-0.05, 0) is 37.8 Å². The Bertz CT molecular complexity index is 1150. The molecule has 2 fully saturated rings. The Kier molecular flexibility index (Phi) is 7.67.